The van der Waals surface area contributed by atoms with E-state index in [9.17, 15) is 4.79 Å². The van der Waals surface area contributed by atoms with Gasteiger partial charge in [0.1, 0.15) is 6.10 Å². The van der Waals surface area contributed by atoms with Gasteiger partial charge in [-0.25, -0.2) is 9.87 Å². The molecule has 1 atom stereocenters. The van der Waals surface area contributed by atoms with Gasteiger partial charge in [0.25, 0.3) is 0 Å². The summed E-state index contributed by atoms with van der Waals surface area (Å²) in [6, 6.07) is 0. The Bertz CT molecular complexity index is 417. The van der Waals surface area contributed by atoms with Gasteiger partial charge in [0.05, 0.1) is 0 Å². The number of thioether (sulfide) groups is 1. The molecule has 1 N–H and O–H groups in total. The molecule has 0 aliphatic rings. The van der Waals surface area contributed by atoms with Gasteiger partial charge in [0.2, 0.25) is 0 Å². The molecule has 0 saturated heterocycles. The highest BCUT2D eigenvalue weighted by Crippen LogP contribution is 2.20. The number of nitrogens with zero attached hydrogens (tertiary/aromatic N) is 2. The van der Waals surface area contributed by atoms with Gasteiger partial charge in [-0.1, -0.05) is 6.58 Å². The van der Waals surface area contributed by atoms with Gasteiger partial charge in [0, 0.05) is 25.9 Å². The van der Waals surface area contributed by atoms with Gasteiger partial charge < -0.3 is 4.57 Å². The van der Waals surface area contributed by atoms with Crippen molar-refractivity contribution in [2.45, 2.75) is 37.4 Å². The topological polar surface area (TPSA) is 64.4 Å². The van der Waals surface area contributed by atoms with Gasteiger partial charge in [-0.3, -0.25) is 10.1 Å². The predicted molar refractivity (Wildman–Crippen MR) is 70.2 cm³/mol. The number of hydrogen-bond acceptors (Lipinski definition) is 5. The summed E-state index contributed by atoms with van der Waals surface area (Å²) in [6.45, 7) is 5.49. The van der Waals surface area contributed by atoms with E-state index in [4.69, 9.17) is 5.26 Å². The van der Waals surface area contributed by atoms with E-state index in [0.29, 0.717) is 24.4 Å². The van der Waals surface area contributed by atoms with Crippen molar-refractivity contribution in [3.63, 3.8) is 0 Å². The van der Waals surface area contributed by atoms with Gasteiger partial charge in [-0.05, 0) is 37.1 Å². The average molecular weight is 270 g/mol. The lowest BCUT2D eigenvalue weighted by Crippen LogP contribution is -2.12. The van der Waals surface area contributed by atoms with Crippen LogP contribution in [0.15, 0.2) is 29.7 Å². The van der Waals surface area contributed by atoms with Crippen LogP contribution in [0, 0.1) is 0 Å². The predicted octanol–water partition coefficient (Wildman–Crippen LogP) is 2.64. The van der Waals surface area contributed by atoms with E-state index in [-0.39, 0.29) is 5.12 Å². The second kappa shape index (κ2) is 7.35. The van der Waals surface area contributed by atoms with Crippen LogP contribution in [0.2, 0.25) is 0 Å². The van der Waals surface area contributed by atoms with E-state index < -0.39 is 6.10 Å². The molecule has 1 unspecified atom stereocenters. The molecule has 1 aromatic rings. The summed E-state index contributed by atoms with van der Waals surface area (Å²) >= 11 is 1.13. The Kier molecular flexibility index (Phi) is 6.11. The summed E-state index contributed by atoms with van der Waals surface area (Å²) < 4.78 is 1.80. The summed E-state index contributed by atoms with van der Waals surface area (Å²) in [5.74, 6) is 0. The average Bonchev–Trinajstić information content (AvgIpc) is 2.70. The Morgan fingerprint density at radius 1 is 1.72 bits per heavy atom. The summed E-state index contributed by atoms with van der Waals surface area (Å²) in [5.41, 5.74) is 0.752. The van der Waals surface area contributed by atoms with Crippen molar-refractivity contribution in [2.75, 3.05) is 0 Å². The third-order valence-corrected chi connectivity index (χ3v) is 3.51. The Morgan fingerprint density at radius 3 is 2.94 bits per heavy atom. The second-order valence-electron chi connectivity index (χ2n) is 4.13. The minimum atomic E-state index is -0.393. The first-order valence-electron chi connectivity index (χ1n) is 5.68. The molecule has 5 nitrogen and oxygen atoms in total. The quantitative estimate of drug-likeness (QED) is 0.357. The van der Waals surface area contributed by atoms with Crippen molar-refractivity contribution in [3.8, 4) is 0 Å². The van der Waals surface area contributed by atoms with Crippen LogP contribution < -0.4 is 0 Å². The molecule has 0 aliphatic heterocycles. The van der Waals surface area contributed by atoms with Crippen LogP contribution >= 0.6 is 11.8 Å². The number of carbonyl (C=O) groups is 1. The lowest BCUT2D eigenvalue weighted by Gasteiger charge is -2.12. The van der Waals surface area contributed by atoms with Crippen LogP contribution in [0.1, 0.15) is 26.2 Å². The molecule has 0 bridgehead atoms. The Labute approximate surface area is 111 Å². The zero-order chi connectivity index (χ0) is 13.5. The largest absolute Gasteiger partial charge is 0.329 e. The zero-order valence-corrected chi connectivity index (χ0v) is 11.4. The van der Waals surface area contributed by atoms with Crippen LogP contribution in [-0.2, 0) is 16.7 Å². The summed E-state index contributed by atoms with van der Waals surface area (Å²) in [5, 5.41) is 9.39. The number of rotatable bonds is 7. The number of carbonyl (C=O) groups excluding carboxylic acids is 1. The minimum Gasteiger partial charge on any atom is -0.329 e. The van der Waals surface area contributed by atoms with E-state index in [2.05, 4.69) is 16.5 Å². The molecule has 1 heterocycles. The smallest absolute Gasteiger partial charge is 0.196 e. The first kappa shape index (κ1) is 14.9. The monoisotopic (exact) mass is 270 g/mol. The minimum absolute atomic E-state index is 0.0581. The highest BCUT2D eigenvalue weighted by molar-refractivity contribution is 8.13. The van der Waals surface area contributed by atoms with Crippen LogP contribution in [0.3, 0.4) is 0 Å². The fraction of sp³-hybridized carbons (Fsp3) is 0.500. The molecule has 0 radical (unpaired) electrons. The first-order chi connectivity index (χ1) is 8.54. The van der Waals surface area contributed by atoms with E-state index in [0.717, 1.165) is 17.3 Å². The van der Waals surface area contributed by atoms with E-state index >= 15 is 0 Å². The molecule has 0 fully saturated rings. The second-order valence-corrected chi connectivity index (χ2v) is 5.15. The molecule has 1 aromatic heterocycles. The Morgan fingerprint density at radius 2 is 2.44 bits per heavy atom. The molecule has 0 amide bonds. The van der Waals surface area contributed by atoms with Crippen LogP contribution in [0.25, 0.3) is 0 Å². The van der Waals surface area contributed by atoms with E-state index in [1.54, 1.807) is 23.9 Å². The van der Waals surface area contributed by atoms with Gasteiger partial charge in [0.15, 0.2) is 10.3 Å². The molecular formula is C12H18N2O3S. The highest BCUT2D eigenvalue weighted by atomic mass is 32.2. The van der Waals surface area contributed by atoms with Crippen LogP contribution in [0.5, 0.6) is 0 Å². The van der Waals surface area contributed by atoms with Gasteiger partial charge >= 0.3 is 0 Å². The molecule has 0 aliphatic carbocycles. The van der Waals surface area contributed by atoms with Crippen molar-refractivity contribution in [1.29, 1.82) is 0 Å². The lowest BCUT2D eigenvalue weighted by molar-refractivity contribution is -0.269. The molecule has 0 saturated carbocycles. The molecule has 0 spiro atoms. The number of hydrogen-bond donors (Lipinski definition) is 1. The maximum absolute atomic E-state index is 11.7. The van der Waals surface area contributed by atoms with E-state index in [1.165, 1.54) is 0 Å². The van der Waals surface area contributed by atoms with Gasteiger partial charge in [-0.15, -0.1) is 0 Å². The van der Waals surface area contributed by atoms with Crippen LogP contribution in [-0.4, -0.2) is 26.0 Å². The first-order valence-corrected chi connectivity index (χ1v) is 6.50. The molecule has 18 heavy (non-hydrogen) atoms. The third-order valence-electron chi connectivity index (χ3n) is 2.51. The molecule has 0 aromatic carbocycles. The molecule has 100 valence electrons. The summed E-state index contributed by atoms with van der Waals surface area (Å²) in [7, 11) is 1.85. The standard InChI is InChI=1S/C12H18N2O3S/c1-9(2)10(17-16)5-4-6-11(15)18-12-13-7-8-14(12)3/h7-8,10,16H,1,4-6H2,2-3H3. The Balaban J connectivity index is 2.30. The van der Waals surface area contributed by atoms with E-state index in [1.807, 2.05) is 7.05 Å². The highest BCUT2D eigenvalue weighted by Gasteiger charge is 2.12. The van der Waals surface area contributed by atoms with Crippen molar-refractivity contribution in [1.82, 2.24) is 9.55 Å². The number of aryl methyl sites for hydroxylation is 1. The summed E-state index contributed by atoms with van der Waals surface area (Å²) in [6.07, 6.45) is 4.71. The van der Waals surface area contributed by atoms with Crippen molar-refractivity contribution in [2.24, 2.45) is 7.05 Å². The fourth-order valence-electron chi connectivity index (χ4n) is 1.42. The van der Waals surface area contributed by atoms with Gasteiger partial charge in [-0.2, -0.15) is 0 Å². The van der Waals surface area contributed by atoms with Crippen molar-refractivity contribution < 1.29 is 14.9 Å². The molecular weight excluding hydrogens is 252 g/mol. The van der Waals surface area contributed by atoms with Crippen molar-refractivity contribution in [3.05, 3.63) is 24.5 Å². The molecule has 1 rings (SSSR count). The zero-order valence-electron chi connectivity index (χ0n) is 10.6. The number of imidazole rings is 1. The fourth-order valence-corrected chi connectivity index (χ4v) is 2.19. The normalized spacial score (nSPS) is 12.4. The van der Waals surface area contributed by atoms with Crippen molar-refractivity contribution >= 4 is 16.9 Å². The Hall–Kier alpha value is -1.11. The SMILES string of the molecule is C=C(C)C(CCCC(=O)Sc1nccn1C)OO. The third kappa shape index (κ3) is 4.64. The molecule has 6 heteroatoms. The maximum Gasteiger partial charge on any atom is 0.196 e. The summed E-state index contributed by atoms with van der Waals surface area (Å²) in [4.78, 5) is 20.0. The number of aromatic nitrogens is 2. The van der Waals surface area contributed by atoms with Crippen LogP contribution in [0.4, 0.5) is 0 Å². The maximum atomic E-state index is 11.7. The lowest BCUT2D eigenvalue weighted by atomic mass is 10.1.